The lowest BCUT2D eigenvalue weighted by atomic mass is 10.2. The van der Waals surface area contributed by atoms with Crippen LogP contribution >= 0.6 is 0 Å². The van der Waals surface area contributed by atoms with Crippen LogP contribution in [0.5, 0.6) is 0 Å². The van der Waals surface area contributed by atoms with Crippen LogP contribution in [0.2, 0.25) is 0 Å². The van der Waals surface area contributed by atoms with Crippen molar-refractivity contribution in [2.24, 2.45) is 0 Å². The SMILES string of the molecule is COCC(C)OCC(O)CNC1CCS(=O)(=O)C1. The fraction of sp³-hybridized carbons (Fsp3) is 1.00. The van der Waals surface area contributed by atoms with E-state index >= 15 is 0 Å². The maximum absolute atomic E-state index is 11.2. The van der Waals surface area contributed by atoms with E-state index in [-0.39, 0.29) is 30.3 Å². The highest BCUT2D eigenvalue weighted by Gasteiger charge is 2.27. The molecule has 6 nitrogen and oxygen atoms in total. The van der Waals surface area contributed by atoms with Gasteiger partial charge in [0.1, 0.15) is 0 Å². The Morgan fingerprint density at radius 3 is 2.72 bits per heavy atom. The molecule has 0 spiro atoms. The summed E-state index contributed by atoms with van der Waals surface area (Å²) in [7, 11) is -1.27. The fourth-order valence-electron chi connectivity index (χ4n) is 1.88. The molecule has 3 atom stereocenters. The van der Waals surface area contributed by atoms with Crippen LogP contribution < -0.4 is 5.32 Å². The van der Waals surface area contributed by atoms with Gasteiger partial charge in [-0.15, -0.1) is 0 Å². The van der Waals surface area contributed by atoms with Crippen molar-refractivity contribution in [1.82, 2.24) is 5.32 Å². The highest BCUT2D eigenvalue weighted by Crippen LogP contribution is 2.11. The Morgan fingerprint density at radius 1 is 1.44 bits per heavy atom. The molecule has 0 saturated carbocycles. The molecule has 108 valence electrons. The minimum atomic E-state index is -2.87. The summed E-state index contributed by atoms with van der Waals surface area (Å²) < 4.78 is 32.7. The highest BCUT2D eigenvalue weighted by atomic mass is 32.2. The second-order valence-electron chi connectivity index (χ2n) is 4.76. The first-order chi connectivity index (χ1) is 8.43. The molecular weight excluding hydrogens is 258 g/mol. The van der Waals surface area contributed by atoms with Gasteiger partial charge in [0.15, 0.2) is 9.84 Å². The zero-order valence-electron chi connectivity index (χ0n) is 11.0. The Balaban J connectivity index is 2.12. The van der Waals surface area contributed by atoms with E-state index in [2.05, 4.69) is 5.32 Å². The van der Waals surface area contributed by atoms with E-state index in [0.29, 0.717) is 19.6 Å². The predicted octanol–water partition coefficient (Wildman–Crippen LogP) is -0.824. The predicted molar refractivity (Wildman–Crippen MR) is 68.4 cm³/mol. The van der Waals surface area contributed by atoms with Crippen LogP contribution in [0.3, 0.4) is 0 Å². The molecule has 1 rings (SSSR count). The zero-order valence-corrected chi connectivity index (χ0v) is 11.8. The van der Waals surface area contributed by atoms with Gasteiger partial charge in [0, 0.05) is 19.7 Å². The van der Waals surface area contributed by atoms with Gasteiger partial charge in [0.2, 0.25) is 0 Å². The van der Waals surface area contributed by atoms with Crippen molar-refractivity contribution in [3.63, 3.8) is 0 Å². The molecule has 2 N–H and O–H groups in total. The third-order valence-electron chi connectivity index (χ3n) is 2.85. The number of aliphatic hydroxyl groups is 1. The second-order valence-corrected chi connectivity index (χ2v) is 6.99. The fourth-order valence-corrected chi connectivity index (χ4v) is 3.58. The lowest BCUT2D eigenvalue weighted by Gasteiger charge is -2.18. The highest BCUT2D eigenvalue weighted by molar-refractivity contribution is 7.91. The first-order valence-electron chi connectivity index (χ1n) is 6.15. The Morgan fingerprint density at radius 2 is 2.17 bits per heavy atom. The number of nitrogens with one attached hydrogen (secondary N) is 1. The van der Waals surface area contributed by atoms with Crippen molar-refractivity contribution in [2.45, 2.75) is 31.6 Å². The van der Waals surface area contributed by atoms with E-state index in [1.807, 2.05) is 6.92 Å². The Bertz CT molecular complexity index is 332. The van der Waals surface area contributed by atoms with Crippen LogP contribution in [-0.4, -0.2) is 70.1 Å². The largest absolute Gasteiger partial charge is 0.389 e. The molecule has 1 aliphatic rings. The van der Waals surface area contributed by atoms with E-state index in [9.17, 15) is 13.5 Å². The summed E-state index contributed by atoms with van der Waals surface area (Å²) in [6, 6.07) is -0.0407. The van der Waals surface area contributed by atoms with E-state index in [1.54, 1.807) is 7.11 Å². The molecule has 18 heavy (non-hydrogen) atoms. The van der Waals surface area contributed by atoms with Crippen LogP contribution in [0, 0.1) is 0 Å². The van der Waals surface area contributed by atoms with Gasteiger partial charge in [-0.3, -0.25) is 0 Å². The average molecular weight is 281 g/mol. The number of sulfone groups is 1. The summed E-state index contributed by atoms with van der Waals surface area (Å²) in [6.07, 6.45) is -0.0696. The first-order valence-corrected chi connectivity index (χ1v) is 7.97. The van der Waals surface area contributed by atoms with Gasteiger partial charge in [-0.2, -0.15) is 0 Å². The van der Waals surface area contributed by atoms with Gasteiger partial charge in [-0.05, 0) is 13.3 Å². The zero-order chi connectivity index (χ0) is 13.6. The van der Waals surface area contributed by atoms with Gasteiger partial charge >= 0.3 is 0 Å². The summed E-state index contributed by atoms with van der Waals surface area (Å²) in [5.74, 6) is 0.406. The second kappa shape index (κ2) is 7.40. The molecule has 0 aromatic carbocycles. The van der Waals surface area contributed by atoms with Crippen molar-refractivity contribution < 1.29 is 23.0 Å². The molecule has 0 aromatic heterocycles. The van der Waals surface area contributed by atoms with E-state index in [4.69, 9.17) is 9.47 Å². The van der Waals surface area contributed by atoms with Gasteiger partial charge in [0.25, 0.3) is 0 Å². The van der Waals surface area contributed by atoms with E-state index in [0.717, 1.165) is 0 Å². The lowest BCUT2D eigenvalue weighted by molar-refractivity contribution is -0.0314. The molecule has 7 heteroatoms. The van der Waals surface area contributed by atoms with Crippen LogP contribution in [0.25, 0.3) is 0 Å². The van der Waals surface area contributed by atoms with Gasteiger partial charge in [-0.25, -0.2) is 8.42 Å². The minimum absolute atomic E-state index is 0.0407. The molecule has 0 aliphatic carbocycles. The van der Waals surface area contributed by atoms with Gasteiger partial charge in [-0.1, -0.05) is 0 Å². The number of aliphatic hydroxyl groups excluding tert-OH is 1. The summed E-state index contributed by atoms with van der Waals surface area (Å²) in [5.41, 5.74) is 0. The number of methoxy groups -OCH3 is 1. The smallest absolute Gasteiger partial charge is 0.151 e. The van der Waals surface area contributed by atoms with Crippen molar-refractivity contribution in [2.75, 3.05) is 38.4 Å². The van der Waals surface area contributed by atoms with Crippen molar-refractivity contribution in [3.05, 3.63) is 0 Å². The third kappa shape index (κ3) is 6.10. The summed E-state index contributed by atoms with van der Waals surface area (Å²) in [6.45, 7) is 2.92. The molecule has 0 radical (unpaired) electrons. The van der Waals surface area contributed by atoms with Crippen molar-refractivity contribution in [1.29, 1.82) is 0 Å². The third-order valence-corrected chi connectivity index (χ3v) is 4.62. The summed E-state index contributed by atoms with van der Waals surface area (Å²) >= 11 is 0. The van der Waals surface area contributed by atoms with Gasteiger partial charge < -0.3 is 19.9 Å². The molecule has 0 amide bonds. The Labute approximate surface area is 109 Å². The maximum atomic E-state index is 11.2. The molecule has 1 saturated heterocycles. The molecule has 1 fully saturated rings. The van der Waals surface area contributed by atoms with Crippen LogP contribution in [0.15, 0.2) is 0 Å². The van der Waals surface area contributed by atoms with Crippen LogP contribution in [-0.2, 0) is 19.3 Å². The van der Waals surface area contributed by atoms with E-state index in [1.165, 1.54) is 0 Å². The average Bonchev–Trinajstić information content (AvgIpc) is 2.64. The topological polar surface area (TPSA) is 84.9 Å². The van der Waals surface area contributed by atoms with Crippen LogP contribution in [0.4, 0.5) is 0 Å². The van der Waals surface area contributed by atoms with Crippen molar-refractivity contribution in [3.8, 4) is 0 Å². The standard InChI is InChI=1S/C11H23NO5S/c1-9(6-16-2)17-7-11(13)5-12-10-3-4-18(14,15)8-10/h9-13H,3-8H2,1-2H3. The maximum Gasteiger partial charge on any atom is 0.151 e. The van der Waals surface area contributed by atoms with Gasteiger partial charge in [0.05, 0.1) is 36.9 Å². The number of hydrogen-bond donors (Lipinski definition) is 2. The molecule has 0 aromatic rings. The van der Waals surface area contributed by atoms with Crippen molar-refractivity contribution >= 4 is 9.84 Å². The monoisotopic (exact) mass is 281 g/mol. The molecule has 1 aliphatic heterocycles. The Hall–Kier alpha value is -0.210. The number of ether oxygens (including phenoxy) is 2. The van der Waals surface area contributed by atoms with Crippen LogP contribution in [0.1, 0.15) is 13.3 Å². The molecule has 0 bridgehead atoms. The molecule has 3 unspecified atom stereocenters. The Kier molecular flexibility index (Phi) is 6.51. The minimum Gasteiger partial charge on any atom is -0.389 e. The summed E-state index contributed by atoms with van der Waals surface area (Å²) in [4.78, 5) is 0. The molecular formula is C11H23NO5S. The normalized spacial score (nSPS) is 26.1. The number of hydrogen-bond acceptors (Lipinski definition) is 6. The number of rotatable bonds is 8. The summed E-state index contributed by atoms with van der Waals surface area (Å²) in [5, 5.41) is 12.7. The first kappa shape index (κ1) is 15.8. The van der Waals surface area contributed by atoms with E-state index < -0.39 is 15.9 Å². The molecule has 1 heterocycles. The lowest BCUT2D eigenvalue weighted by Crippen LogP contribution is -2.38. The quantitative estimate of drug-likeness (QED) is 0.604.